The minimum atomic E-state index is -3.64. The molecular weight excluding hydrogens is 386 g/mol. The normalized spacial score (nSPS) is 11.5. The monoisotopic (exact) mass is 393 g/mol. The van der Waals surface area contributed by atoms with Crippen molar-refractivity contribution >= 4 is 47.6 Å². The van der Waals surface area contributed by atoms with E-state index >= 15 is 0 Å². The van der Waals surface area contributed by atoms with Gasteiger partial charge in [-0.1, -0.05) is 15.9 Å². The van der Waals surface area contributed by atoms with Crippen molar-refractivity contribution in [3.8, 4) is 0 Å². The summed E-state index contributed by atoms with van der Waals surface area (Å²) < 4.78 is 28.0. The predicted octanol–water partition coefficient (Wildman–Crippen LogP) is 3.04. The van der Waals surface area contributed by atoms with Crippen LogP contribution in [0.4, 0.5) is 5.69 Å². The molecule has 8 heteroatoms. The summed E-state index contributed by atoms with van der Waals surface area (Å²) in [6, 6.07) is 3.30. The van der Waals surface area contributed by atoms with E-state index < -0.39 is 10.0 Å². The molecule has 2 rings (SSSR count). The molecule has 18 heavy (non-hydrogen) atoms. The molecule has 96 valence electrons. The van der Waals surface area contributed by atoms with E-state index in [1.165, 1.54) is 12.4 Å². The van der Waals surface area contributed by atoms with Crippen molar-refractivity contribution in [3.63, 3.8) is 0 Å². The van der Waals surface area contributed by atoms with E-state index in [4.69, 9.17) is 0 Å². The Morgan fingerprint density at radius 3 is 2.61 bits per heavy atom. The fourth-order valence-corrected chi connectivity index (χ4v) is 4.06. The quantitative estimate of drug-likeness (QED) is 0.839. The number of aromatic amines is 1. The van der Waals surface area contributed by atoms with Crippen LogP contribution in [0.2, 0.25) is 0 Å². The number of hydrogen-bond acceptors (Lipinski definition) is 3. The van der Waals surface area contributed by atoms with Crippen molar-refractivity contribution in [2.24, 2.45) is 0 Å². The van der Waals surface area contributed by atoms with Crippen LogP contribution in [-0.4, -0.2) is 18.6 Å². The highest BCUT2D eigenvalue weighted by Crippen LogP contribution is 2.29. The number of benzene rings is 1. The Morgan fingerprint density at radius 1 is 1.28 bits per heavy atom. The summed E-state index contributed by atoms with van der Waals surface area (Å²) in [6.07, 6.45) is 2.86. The summed E-state index contributed by atoms with van der Waals surface area (Å²) in [4.78, 5) is 0.168. The van der Waals surface area contributed by atoms with E-state index in [2.05, 4.69) is 46.8 Å². The van der Waals surface area contributed by atoms with Gasteiger partial charge < -0.3 is 0 Å². The second-order valence-corrected chi connectivity index (χ2v) is 6.98. The third-order valence-corrected chi connectivity index (χ3v) is 5.45. The summed E-state index contributed by atoms with van der Waals surface area (Å²) in [6.45, 7) is 1.88. The molecule has 1 aromatic carbocycles. The van der Waals surface area contributed by atoms with Gasteiger partial charge in [-0.25, -0.2) is 8.42 Å². The first-order valence-corrected chi connectivity index (χ1v) is 7.94. The molecule has 0 aliphatic heterocycles. The van der Waals surface area contributed by atoms with Crippen LogP contribution in [0.5, 0.6) is 0 Å². The number of H-pyrrole nitrogens is 1. The molecule has 1 aromatic heterocycles. The molecule has 0 amide bonds. The molecule has 0 aliphatic carbocycles. The average Bonchev–Trinajstić information content (AvgIpc) is 2.75. The zero-order chi connectivity index (χ0) is 13.3. The van der Waals surface area contributed by atoms with E-state index in [0.29, 0.717) is 10.2 Å². The van der Waals surface area contributed by atoms with Gasteiger partial charge in [-0.2, -0.15) is 5.10 Å². The van der Waals surface area contributed by atoms with E-state index in [1.54, 1.807) is 12.1 Å². The maximum atomic E-state index is 12.2. The average molecular weight is 395 g/mol. The van der Waals surface area contributed by atoms with Gasteiger partial charge in [0.2, 0.25) is 0 Å². The molecule has 0 radical (unpaired) electrons. The number of halogens is 2. The highest BCUT2D eigenvalue weighted by molar-refractivity contribution is 9.11. The van der Waals surface area contributed by atoms with Gasteiger partial charge in [0.25, 0.3) is 10.0 Å². The van der Waals surface area contributed by atoms with Crippen molar-refractivity contribution in [2.75, 3.05) is 4.72 Å². The third kappa shape index (κ3) is 2.76. The lowest BCUT2D eigenvalue weighted by molar-refractivity contribution is 0.600. The van der Waals surface area contributed by atoms with Crippen molar-refractivity contribution in [1.82, 2.24) is 10.2 Å². The Kier molecular flexibility index (Phi) is 3.79. The fraction of sp³-hybridized carbons (Fsp3) is 0.100. The van der Waals surface area contributed by atoms with Gasteiger partial charge in [0, 0.05) is 15.1 Å². The lowest BCUT2D eigenvalue weighted by Gasteiger charge is -2.09. The van der Waals surface area contributed by atoms with Crippen LogP contribution < -0.4 is 4.72 Å². The zero-order valence-corrected chi connectivity index (χ0v) is 13.2. The second-order valence-electron chi connectivity index (χ2n) is 3.62. The number of nitrogens with one attached hydrogen (secondary N) is 2. The molecule has 5 nitrogen and oxygen atoms in total. The number of aromatic nitrogens is 2. The number of hydrogen-bond donors (Lipinski definition) is 2. The first-order chi connectivity index (χ1) is 8.40. The highest BCUT2D eigenvalue weighted by Gasteiger charge is 2.19. The van der Waals surface area contributed by atoms with Crippen LogP contribution in [0, 0.1) is 6.92 Å². The topological polar surface area (TPSA) is 74.8 Å². The lowest BCUT2D eigenvalue weighted by atomic mass is 10.2. The van der Waals surface area contributed by atoms with Gasteiger partial charge in [-0.05, 0) is 40.5 Å². The molecule has 0 unspecified atom stereocenters. The number of sulfonamides is 1. The molecule has 0 aliphatic rings. The maximum absolute atomic E-state index is 12.2. The molecule has 0 atom stereocenters. The van der Waals surface area contributed by atoms with E-state index in [-0.39, 0.29) is 4.90 Å². The van der Waals surface area contributed by atoms with Crippen molar-refractivity contribution in [2.45, 2.75) is 11.8 Å². The summed E-state index contributed by atoms with van der Waals surface area (Å²) in [7, 11) is -3.64. The van der Waals surface area contributed by atoms with Gasteiger partial charge in [0.1, 0.15) is 4.90 Å². The molecule has 0 saturated carbocycles. The second kappa shape index (κ2) is 5.02. The number of anilines is 1. The van der Waals surface area contributed by atoms with Crippen molar-refractivity contribution in [3.05, 3.63) is 39.0 Å². The van der Waals surface area contributed by atoms with Crippen molar-refractivity contribution < 1.29 is 8.42 Å². The molecular formula is C10H9Br2N3O2S. The predicted molar refractivity (Wildman–Crippen MR) is 76.0 cm³/mol. The molecule has 2 N–H and O–H groups in total. The summed E-state index contributed by atoms with van der Waals surface area (Å²) in [5.41, 5.74) is 1.34. The zero-order valence-electron chi connectivity index (χ0n) is 9.24. The number of nitrogens with zero attached hydrogens (tertiary/aromatic N) is 1. The molecule has 0 saturated heterocycles. The lowest BCUT2D eigenvalue weighted by Crippen LogP contribution is -2.13. The van der Waals surface area contributed by atoms with Crippen LogP contribution in [0.15, 0.2) is 38.4 Å². The summed E-state index contributed by atoms with van der Waals surface area (Å²) in [5, 5.41) is 6.22. The van der Waals surface area contributed by atoms with Crippen LogP contribution in [0.1, 0.15) is 5.56 Å². The maximum Gasteiger partial charge on any atom is 0.263 e. The first kappa shape index (κ1) is 13.6. The van der Waals surface area contributed by atoms with E-state index in [1.807, 2.05) is 6.92 Å². The van der Waals surface area contributed by atoms with Gasteiger partial charge in [0.05, 0.1) is 11.9 Å². The minimum Gasteiger partial charge on any atom is -0.284 e. The minimum absolute atomic E-state index is 0.168. The number of rotatable bonds is 3. The van der Waals surface area contributed by atoms with Crippen LogP contribution >= 0.6 is 31.9 Å². The number of aryl methyl sites for hydroxylation is 1. The molecule has 0 fully saturated rings. The van der Waals surface area contributed by atoms with Crippen LogP contribution in [0.3, 0.4) is 0 Å². The Hall–Kier alpha value is -0.860. The Bertz CT molecular complexity index is 669. The Balaban J connectivity index is 2.44. The first-order valence-electron chi connectivity index (χ1n) is 4.87. The molecule has 1 heterocycles. The molecule has 0 bridgehead atoms. The summed E-state index contributed by atoms with van der Waals surface area (Å²) in [5.74, 6) is 0. The van der Waals surface area contributed by atoms with E-state index in [9.17, 15) is 8.42 Å². The largest absolute Gasteiger partial charge is 0.284 e. The Morgan fingerprint density at radius 2 is 2.00 bits per heavy atom. The third-order valence-electron chi connectivity index (χ3n) is 2.25. The highest BCUT2D eigenvalue weighted by atomic mass is 79.9. The standard InChI is InChI=1S/C10H9Br2N3O2S/c1-6-2-9(12)10(3-8(6)11)18(16,17)15-7-4-13-14-5-7/h2-5,15H,1H3,(H,13,14). The van der Waals surface area contributed by atoms with Crippen molar-refractivity contribution in [1.29, 1.82) is 0 Å². The fourth-order valence-electron chi connectivity index (χ4n) is 1.35. The summed E-state index contributed by atoms with van der Waals surface area (Å²) >= 11 is 6.58. The molecule has 2 aromatic rings. The van der Waals surface area contributed by atoms with Crippen LogP contribution in [-0.2, 0) is 10.0 Å². The SMILES string of the molecule is Cc1cc(Br)c(S(=O)(=O)Nc2cn[nH]c2)cc1Br. The molecule has 0 spiro atoms. The van der Waals surface area contributed by atoms with E-state index in [0.717, 1.165) is 10.0 Å². The smallest absolute Gasteiger partial charge is 0.263 e. The van der Waals surface area contributed by atoms with Gasteiger partial charge in [0.15, 0.2) is 0 Å². The van der Waals surface area contributed by atoms with Gasteiger partial charge in [-0.3, -0.25) is 9.82 Å². The van der Waals surface area contributed by atoms with Gasteiger partial charge >= 0.3 is 0 Å². The van der Waals surface area contributed by atoms with Gasteiger partial charge in [-0.15, -0.1) is 0 Å². The van der Waals surface area contributed by atoms with Crippen LogP contribution in [0.25, 0.3) is 0 Å². The Labute approximate surface area is 121 Å².